The number of aliphatic hydroxyl groups excluding tert-OH is 1. The summed E-state index contributed by atoms with van der Waals surface area (Å²) in [6, 6.07) is 10.0. The van der Waals surface area contributed by atoms with Crippen LogP contribution in [0.5, 0.6) is 23.0 Å². The third kappa shape index (κ3) is 7.84. The number of hydrogen-bond donors (Lipinski definition) is 1. The lowest BCUT2D eigenvalue weighted by atomic mass is 10.0. The van der Waals surface area contributed by atoms with Gasteiger partial charge < -0.3 is 43.0 Å². The van der Waals surface area contributed by atoms with Crippen LogP contribution in [-0.2, 0) is 23.7 Å². The molecule has 1 N–H and O–H groups in total. The molecule has 1 saturated heterocycles. The summed E-state index contributed by atoms with van der Waals surface area (Å²) in [7, 11) is 2.97. The molecule has 0 amide bonds. The van der Waals surface area contributed by atoms with Crippen LogP contribution in [0.25, 0.3) is 6.08 Å². The fourth-order valence-electron chi connectivity index (χ4n) is 3.75. The third-order valence-electron chi connectivity index (χ3n) is 5.56. The third-order valence-corrected chi connectivity index (χ3v) is 5.56. The van der Waals surface area contributed by atoms with Crippen LogP contribution in [0, 0.1) is 0 Å². The number of aliphatic hydroxyl groups is 1. The van der Waals surface area contributed by atoms with E-state index in [9.17, 15) is 9.90 Å². The van der Waals surface area contributed by atoms with Crippen molar-refractivity contribution in [2.24, 2.45) is 0 Å². The number of esters is 1. The summed E-state index contributed by atoms with van der Waals surface area (Å²) in [4.78, 5) is 12.9. The zero-order valence-corrected chi connectivity index (χ0v) is 22.4. The highest BCUT2D eigenvalue weighted by molar-refractivity contribution is 5.76. The van der Waals surface area contributed by atoms with E-state index in [0.717, 1.165) is 5.56 Å². The molecule has 10 heteroatoms. The Kier molecular flexibility index (Phi) is 11.2. The first-order valence-corrected chi connectivity index (χ1v) is 12.5. The molecule has 10 nitrogen and oxygen atoms in total. The average Bonchev–Trinajstić information content (AvgIpc) is 3.44. The number of carbonyl (C=O) groups is 1. The summed E-state index contributed by atoms with van der Waals surface area (Å²) in [6.45, 7) is 7.02. The van der Waals surface area contributed by atoms with Gasteiger partial charge in [0.25, 0.3) is 0 Å². The summed E-state index contributed by atoms with van der Waals surface area (Å²) in [5.41, 5.74) is 1.18. The average molecular weight is 533 g/mol. The molecule has 1 fully saturated rings. The highest BCUT2D eigenvalue weighted by Gasteiger charge is 2.33. The van der Waals surface area contributed by atoms with E-state index in [-0.39, 0.29) is 12.4 Å². The normalized spacial score (nSPS) is 16.2. The van der Waals surface area contributed by atoms with Crippen molar-refractivity contribution in [3.8, 4) is 23.0 Å². The zero-order chi connectivity index (χ0) is 27.5. The maximum Gasteiger partial charge on any atom is 0.350 e. The van der Waals surface area contributed by atoms with Crippen LogP contribution in [0.4, 0.5) is 0 Å². The second-order valence-corrected chi connectivity index (χ2v) is 8.17. The molecule has 3 unspecified atom stereocenters. The van der Waals surface area contributed by atoms with Crippen molar-refractivity contribution in [1.82, 2.24) is 0 Å². The lowest BCUT2D eigenvalue weighted by molar-refractivity contribution is -0.157. The highest BCUT2D eigenvalue weighted by Crippen LogP contribution is 2.35. The fraction of sp³-hybridized carbons (Fsp3) is 0.464. The van der Waals surface area contributed by atoms with Gasteiger partial charge in [-0.15, -0.1) is 0 Å². The first-order chi connectivity index (χ1) is 18.4. The molecule has 208 valence electrons. The van der Waals surface area contributed by atoms with Gasteiger partial charge in [0, 0.05) is 6.61 Å². The van der Waals surface area contributed by atoms with E-state index in [1.54, 1.807) is 56.3 Å². The Bertz CT molecular complexity index is 1060. The van der Waals surface area contributed by atoms with Crippen molar-refractivity contribution in [3.63, 3.8) is 0 Å². The van der Waals surface area contributed by atoms with Crippen molar-refractivity contribution in [2.45, 2.75) is 45.6 Å². The van der Waals surface area contributed by atoms with Gasteiger partial charge in [0.1, 0.15) is 6.10 Å². The van der Waals surface area contributed by atoms with E-state index in [4.69, 9.17) is 37.9 Å². The quantitative estimate of drug-likeness (QED) is 0.284. The van der Waals surface area contributed by atoms with Gasteiger partial charge in [-0.1, -0.05) is 18.2 Å². The Morgan fingerprint density at radius 1 is 0.974 bits per heavy atom. The van der Waals surface area contributed by atoms with Crippen molar-refractivity contribution in [1.29, 1.82) is 0 Å². The minimum Gasteiger partial charge on any atom is -0.493 e. The molecule has 1 aliphatic rings. The van der Waals surface area contributed by atoms with E-state index in [1.807, 2.05) is 13.0 Å². The molecule has 3 atom stereocenters. The van der Waals surface area contributed by atoms with Gasteiger partial charge >= 0.3 is 5.97 Å². The predicted octanol–water partition coefficient (Wildman–Crippen LogP) is 3.90. The Morgan fingerprint density at radius 2 is 1.63 bits per heavy atom. The molecule has 1 heterocycles. The standard InChI is InChI=1S/C28H36O10/c1-6-33-18(3)37-21-12-10-20(17-24(21)32-5)26(29)27(28(30)34-7-2)38-22-11-8-19(16-23(22)31-4)9-13-25-35-14-15-36-25/h8-13,16-18,25-27,29H,6-7,14-15H2,1-5H3/b13-9+. The van der Waals surface area contributed by atoms with E-state index >= 15 is 0 Å². The highest BCUT2D eigenvalue weighted by atomic mass is 16.7. The van der Waals surface area contributed by atoms with Crippen molar-refractivity contribution in [2.75, 3.05) is 40.6 Å². The predicted molar refractivity (Wildman–Crippen MR) is 138 cm³/mol. The lowest BCUT2D eigenvalue weighted by Crippen LogP contribution is -2.35. The summed E-state index contributed by atoms with van der Waals surface area (Å²) in [5.74, 6) is 0.683. The SMILES string of the molecule is CCOC(=O)C(Oc1ccc(/C=C/C2OCCO2)cc1OC)C(O)c1ccc(OC(C)OCC)c(OC)c1. The Balaban J connectivity index is 1.84. The molecule has 38 heavy (non-hydrogen) atoms. The van der Waals surface area contributed by atoms with Crippen LogP contribution >= 0.6 is 0 Å². The minimum atomic E-state index is -1.39. The second kappa shape index (κ2) is 14.6. The molecule has 0 bridgehead atoms. The molecule has 0 radical (unpaired) electrons. The van der Waals surface area contributed by atoms with E-state index in [1.165, 1.54) is 14.2 Å². The molecule has 2 aromatic rings. The number of rotatable bonds is 14. The van der Waals surface area contributed by atoms with Crippen LogP contribution in [-0.4, -0.2) is 70.4 Å². The van der Waals surface area contributed by atoms with Gasteiger partial charge in [-0.2, -0.15) is 0 Å². The Hall–Kier alpha value is -3.31. The number of benzene rings is 2. The van der Waals surface area contributed by atoms with Crippen LogP contribution in [0.2, 0.25) is 0 Å². The van der Waals surface area contributed by atoms with Gasteiger partial charge in [-0.25, -0.2) is 4.79 Å². The zero-order valence-electron chi connectivity index (χ0n) is 22.4. The molecule has 2 aromatic carbocycles. The van der Waals surface area contributed by atoms with E-state index < -0.39 is 30.8 Å². The van der Waals surface area contributed by atoms with Crippen LogP contribution in [0.3, 0.4) is 0 Å². The van der Waals surface area contributed by atoms with E-state index in [0.29, 0.717) is 42.6 Å². The molecular formula is C28H36O10. The number of carbonyl (C=O) groups excluding carboxylic acids is 1. The van der Waals surface area contributed by atoms with Crippen LogP contribution in [0.1, 0.15) is 38.0 Å². The number of methoxy groups -OCH3 is 2. The second-order valence-electron chi connectivity index (χ2n) is 8.17. The first kappa shape index (κ1) is 29.2. The number of hydrogen-bond acceptors (Lipinski definition) is 10. The molecular weight excluding hydrogens is 496 g/mol. The first-order valence-electron chi connectivity index (χ1n) is 12.5. The Morgan fingerprint density at radius 3 is 2.29 bits per heavy atom. The van der Waals surface area contributed by atoms with Gasteiger partial charge in [-0.05, 0) is 62.2 Å². The summed E-state index contributed by atoms with van der Waals surface area (Å²) >= 11 is 0. The minimum absolute atomic E-state index is 0.114. The van der Waals surface area contributed by atoms with E-state index in [2.05, 4.69) is 0 Å². The van der Waals surface area contributed by atoms with Crippen molar-refractivity contribution in [3.05, 3.63) is 53.6 Å². The van der Waals surface area contributed by atoms with Crippen LogP contribution < -0.4 is 18.9 Å². The molecule has 0 aliphatic carbocycles. The van der Waals surface area contributed by atoms with Crippen molar-refractivity contribution >= 4 is 12.0 Å². The van der Waals surface area contributed by atoms with Gasteiger partial charge in [0.2, 0.25) is 6.10 Å². The molecule has 3 rings (SSSR count). The molecule has 0 aromatic heterocycles. The maximum absolute atomic E-state index is 12.9. The van der Waals surface area contributed by atoms with Gasteiger partial charge in [0.15, 0.2) is 35.6 Å². The molecule has 0 saturated carbocycles. The summed E-state index contributed by atoms with van der Waals surface area (Å²) in [6.07, 6.45) is -0.0298. The topological polar surface area (TPSA) is 111 Å². The number of ether oxygens (including phenoxy) is 8. The fourth-order valence-corrected chi connectivity index (χ4v) is 3.75. The van der Waals surface area contributed by atoms with Gasteiger partial charge in [-0.3, -0.25) is 0 Å². The molecule has 1 aliphatic heterocycles. The van der Waals surface area contributed by atoms with Gasteiger partial charge in [0.05, 0.1) is 34.0 Å². The Labute approximate surface area is 222 Å². The maximum atomic E-state index is 12.9. The summed E-state index contributed by atoms with van der Waals surface area (Å²) < 4.78 is 44.1. The smallest absolute Gasteiger partial charge is 0.350 e. The summed E-state index contributed by atoms with van der Waals surface area (Å²) in [5, 5.41) is 11.2. The monoisotopic (exact) mass is 532 g/mol. The largest absolute Gasteiger partial charge is 0.493 e. The van der Waals surface area contributed by atoms with Crippen molar-refractivity contribution < 1.29 is 47.8 Å². The lowest BCUT2D eigenvalue weighted by Gasteiger charge is -2.25. The molecule has 0 spiro atoms. The van der Waals surface area contributed by atoms with Crippen LogP contribution in [0.15, 0.2) is 42.5 Å².